The molecule has 0 spiro atoms. The van der Waals surface area contributed by atoms with E-state index in [1.54, 1.807) is 13.0 Å². The highest BCUT2D eigenvalue weighted by atomic mass is 16.5. The summed E-state index contributed by atoms with van der Waals surface area (Å²) < 4.78 is 4.73. The molecular formula is C14H14N2O2. The van der Waals surface area contributed by atoms with Crippen LogP contribution in [0.15, 0.2) is 48.1 Å². The van der Waals surface area contributed by atoms with E-state index in [9.17, 15) is 4.79 Å². The molecule has 1 aromatic rings. The molecule has 0 aliphatic carbocycles. The van der Waals surface area contributed by atoms with E-state index in [1.165, 1.54) is 12.2 Å². The van der Waals surface area contributed by atoms with Crippen LogP contribution in [-0.4, -0.2) is 12.6 Å². The lowest BCUT2D eigenvalue weighted by molar-refractivity contribution is -0.138. The van der Waals surface area contributed by atoms with Gasteiger partial charge in [0.1, 0.15) is 11.6 Å². The van der Waals surface area contributed by atoms with Crippen LogP contribution < -0.4 is 5.73 Å². The lowest BCUT2D eigenvalue weighted by Gasteiger charge is -2.00. The van der Waals surface area contributed by atoms with Crippen molar-refractivity contribution < 1.29 is 9.53 Å². The Hall–Kier alpha value is -2.54. The predicted octanol–water partition coefficient (Wildman–Crippen LogP) is 2.00. The molecule has 0 aromatic heterocycles. The Morgan fingerprint density at radius 1 is 1.39 bits per heavy atom. The van der Waals surface area contributed by atoms with Crippen molar-refractivity contribution in [2.75, 3.05) is 6.61 Å². The molecule has 0 saturated carbocycles. The number of rotatable bonds is 4. The molecule has 1 rings (SSSR count). The second-order valence-corrected chi connectivity index (χ2v) is 3.40. The zero-order chi connectivity index (χ0) is 13.4. The minimum absolute atomic E-state index is 0.0734. The number of nitriles is 1. The van der Waals surface area contributed by atoms with Gasteiger partial charge in [-0.15, -0.1) is 0 Å². The quantitative estimate of drug-likeness (QED) is 0.379. The van der Waals surface area contributed by atoms with Crippen molar-refractivity contribution in [3.63, 3.8) is 0 Å². The highest BCUT2D eigenvalue weighted by Gasteiger charge is 2.08. The second-order valence-electron chi connectivity index (χ2n) is 3.40. The van der Waals surface area contributed by atoms with Crippen molar-refractivity contribution in [1.29, 1.82) is 5.26 Å². The first kappa shape index (κ1) is 13.5. The normalized spacial score (nSPS) is 11.8. The number of nitrogens with two attached hydrogens (primary N) is 1. The highest BCUT2D eigenvalue weighted by molar-refractivity contribution is 5.93. The molecule has 0 atom stereocenters. The third-order valence-corrected chi connectivity index (χ3v) is 2.15. The van der Waals surface area contributed by atoms with E-state index in [0.717, 1.165) is 5.56 Å². The van der Waals surface area contributed by atoms with Crippen LogP contribution in [0.25, 0.3) is 5.70 Å². The number of carbonyl (C=O) groups is 1. The predicted molar refractivity (Wildman–Crippen MR) is 68.9 cm³/mol. The summed E-state index contributed by atoms with van der Waals surface area (Å²) in [4.78, 5) is 11.3. The van der Waals surface area contributed by atoms with E-state index in [4.69, 9.17) is 15.7 Å². The summed E-state index contributed by atoms with van der Waals surface area (Å²) >= 11 is 0. The fourth-order valence-electron chi connectivity index (χ4n) is 1.26. The smallest absolute Gasteiger partial charge is 0.348 e. The average molecular weight is 242 g/mol. The van der Waals surface area contributed by atoms with Gasteiger partial charge in [0, 0.05) is 5.70 Å². The highest BCUT2D eigenvalue weighted by Crippen LogP contribution is 2.08. The summed E-state index contributed by atoms with van der Waals surface area (Å²) in [7, 11) is 0. The van der Waals surface area contributed by atoms with Crippen LogP contribution in [0.1, 0.15) is 12.5 Å². The maximum atomic E-state index is 11.3. The van der Waals surface area contributed by atoms with Gasteiger partial charge >= 0.3 is 5.97 Å². The first-order valence-corrected chi connectivity index (χ1v) is 5.49. The van der Waals surface area contributed by atoms with Crippen LogP contribution in [0.5, 0.6) is 0 Å². The van der Waals surface area contributed by atoms with Crippen molar-refractivity contribution >= 4 is 11.7 Å². The SMILES string of the molecule is CCOC(=O)/C(C#N)=C\C=C(/N)c1ccccc1. The van der Waals surface area contributed by atoms with Crippen molar-refractivity contribution in [2.24, 2.45) is 5.73 Å². The van der Waals surface area contributed by atoms with E-state index < -0.39 is 5.97 Å². The summed E-state index contributed by atoms with van der Waals surface area (Å²) in [5.74, 6) is -0.642. The lowest BCUT2D eigenvalue weighted by Crippen LogP contribution is -2.06. The summed E-state index contributed by atoms with van der Waals surface area (Å²) in [6, 6.07) is 11.1. The number of allylic oxidation sites excluding steroid dienone is 2. The molecule has 0 bridgehead atoms. The molecule has 0 aliphatic rings. The standard InChI is InChI=1S/C14H14N2O2/c1-2-18-14(17)12(10-15)8-9-13(16)11-6-4-3-5-7-11/h3-9H,2,16H2,1H3/b12-8-,13-9-. The van der Waals surface area contributed by atoms with Crippen LogP contribution in [0, 0.1) is 11.3 Å². The van der Waals surface area contributed by atoms with Gasteiger partial charge in [0.15, 0.2) is 0 Å². The van der Waals surface area contributed by atoms with Crippen LogP contribution >= 0.6 is 0 Å². The lowest BCUT2D eigenvalue weighted by atomic mass is 10.1. The zero-order valence-electron chi connectivity index (χ0n) is 10.1. The third-order valence-electron chi connectivity index (χ3n) is 2.15. The maximum absolute atomic E-state index is 11.3. The molecule has 4 heteroatoms. The summed E-state index contributed by atoms with van der Waals surface area (Å²) in [5, 5.41) is 8.82. The number of benzene rings is 1. The summed E-state index contributed by atoms with van der Waals surface area (Å²) in [6.45, 7) is 1.91. The molecule has 0 fully saturated rings. The van der Waals surface area contributed by atoms with Gasteiger partial charge in [-0.1, -0.05) is 30.3 Å². The minimum atomic E-state index is -0.642. The molecule has 0 unspecified atom stereocenters. The van der Waals surface area contributed by atoms with Crippen molar-refractivity contribution in [3.8, 4) is 6.07 Å². The molecule has 0 amide bonds. The molecule has 2 N–H and O–H groups in total. The van der Waals surface area contributed by atoms with E-state index >= 15 is 0 Å². The number of hydrogen-bond donors (Lipinski definition) is 1. The Morgan fingerprint density at radius 2 is 2.06 bits per heavy atom. The third kappa shape index (κ3) is 3.80. The molecule has 0 saturated heterocycles. The Balaban J connectivity index is 2.89. The molecule has 92 valence electrons. The van der Waals surface area contributed by atoms with Gasteiger partial charge in [0.05, 0.1) is 6.61 Å². The van der Waals surface area contributed by atoms with E-state index in [2.05, 4.69) is 0 Å². The van der Waals surface area contributed by atoms with Crippen molar-refractivity contribution in [2.45, 2.75) is 6.92 Å². The van der Waals surface area contributed by atoms with Gasteiger partial charge in [-0.25, -0.2) is 4.79 Å². The van der Waals surface area contributed by atoms with Crippen molar-refractivity contribution in [1.82, 2.24) is 0 Å². The monoisotopic (exact) mass is 242 g/mol. The molecule has 1 aromatic carbocycles. The van der Waals surface area contributed by atoms with Crippen LogP contribution in [-0.2, 0) is 9.53 Å². The molecule has 4 nitrogen and oxygen atoms in total. The van der Waals surface area contributed by atoms with E-state index in [-0.39, 0.29) is 12.2 Å². The fourth-order valence-corrected chi connectivity index (χ4v) is 1.26. The number of ether oxygens (including phenoxy) is 1. The molecule has 0 aliphatic heterocycles. The van der Waals surface area contributed by atoms with Gasteiger partial charge in [0.25, 0.3) is 0 Å². The largest absolute Gasteiger partial charge is 0.462 e. The molecule has 18 heavy (non-hydrogen) atoms. The fraction of sp³-hybridized carbons (Fsp3) is 0.143. The summed E-state index contributed by atoms with van der Waals surface area (Å²) in [5.41, 5.74) is 7.06. The maximum Gasteiger partial charge on any atom is 0.348 e. The van der Waals surface area contributed by atoms with Crippen LogP contribution in [0.4, 0.5) is 0 Å². The second kappa shape index (κ2) is 6.92. The number of hydrogen-bond acceptors (Lipinski definition) is 4. The van der Waals surface area contributed by atoms with Crippen LogP contribution in [0.3, 0.4) is 0 Å². The van der Waals surface area contributed by atoms with E-state index in [1.807, 2.05) is 30.3 Å². The number of esters is 1. The topological polar surface area (TPSA) is 76.1 Å². The first-order chi connectivity index (χ1) is 8.69. The van der Waals surface area contributed by atoms with E-state index in [0.29, 0.717) is 5.70 Å². The number of nitrogens with zero attached hydrogens (tertiary/aromatic N) is 1. The van der Waals surface area contributed by atoms with Gasteiger partial charge in [0.2, 0.25) is 0 Å². The van der Waals surface area contributed by atoms with Crippen LogP contribution in [0.2, 0.25) is 0 Å². The molecule has 0 radical (unpaired) electrons. The summed E-state index contributed by atoms with van der Waals surface area (Å²) in [6.07, 6.45) is 2.88. The molecule has 0 heterocycles. The molecular weight excluding hydrogens is 228 g/mol. The van der Waals surface area contributed by atoms with Gasteiger partial charge < -0.3 is 10.5 Å². The Labute approximate surface area is 106 Å². The van der Waals surface area contributed by atoms with Gasteiger partial charge in [-0.2, -0.15) is 5.26 Å². The zero-order valence-corrected chi connectivity index (χ0v) is 10.1. The Kier molecular flexibility index (Phi) is 5.20. The average Bonchev–Trinajstić information content (AvgIpc) is 2.40. The van der Waals surface area contributed by atoms with Gasteiger partial charge in [-0.3, -0.25) is 0 Å². The number of carbonyl (C=O) groups excluding carboxylic acids is 1. The Bertz CT molecular complexity index is 510. The van der Waals surface area contributed by atoms with Gasteiger partial charge in [-0.05, 0) is 24.6 Å². The first-order valence-electron chi connectivity index (χ1n) is 5.49. The van der Waals surface area contributed by atoms with Crippen molar-refractivity contribution in [3.05, 3.63) is 53.6 Å². The Morgan fingerprint density at radius 3 is 2.61 bits per heavy atom. The minimum Gasteiger partial charge on any atom is -0.462 e.